The van der Waals surface area contributed by atoms with E-state index in [1.807, 2.05) is 0 Å². The molecule has 3 rings (SSSR count). The highest BCUT2D eigenvalue weighted by atomic mass is 14.3. The molecular formula is C31H64. The molecule has 3 fully saturated rings. The molecule has 0 nitrogen and oxygen atoms in total. The predicted octanol–water partition coefficient (Wildman–Crippen LogP) is 11.5. The van der Waals surface area contributed by atoms with Gasteiger partial charge in [0.2, 0.25) is 0 Å². The van der Waals surface area contributed by atoms with Crippen LogP contribution in [-0.2, 0) is 0 Å². The Morgan fingerprint density at radius 2 is 0.742 bits per heavy atom. The Labute approximate surface area is 200 Å². The second-order valence-electron chi connectivity index (χ2n) is 11.0. The fourth-order valence-corrected chi connectivity index (χ4v) is 6.55. The second-order valence-corrected chi connectivity index (χ2v) is 11.0. The molecule has 3 aliphatic rings. The first kappa shape index (κ1) is 31.0. The van der Waals surface area contributed by atoms with E-state index >= 15 is 0 Å². The van der Waals surface area contributed by atoms with Gasteiger partial charge in [-0.15, -0.1) is 0 Å². The molecule has 3 saturated carbocycles. The van der Waals surface area contributed by atoms with Gasteiger partial charge in [0.25, 0.3) is 0 Å². The molecule has 4 unspecified atom stereocenters. The van der Waals surface area contributed by atoms with Gasteiger partial charge in [-0.1, -0.05) is 158 Å². The van der Waals surface area contributed by atoms with Crippen LogP contribution in [0.15, 0.2) is 0 Å². The molecule has 0 bridgehead atoms. The van der Waals surface area contributed by atoms with Crippen molar-refractivity contribution in [1.29, 1.82) is 0 Å². The fraction of sp³-hybridized carbons (Fsp3) is 1.00. The van der Waals surface area contributed by atoms with Crippen LogP contribution in [-0.4, -0.2) is 0 Å². The van der Waals surface area contributed by atoms with Crippen molar-refractivity contribution in [3.8, 4) is 0 Å². The molecule has 0 radical (unpaired) electrons. The third-order valence-electron chi connectivity index (χ3n) is 9.28. The van der Waals surface area contributed by atoms with E-state index in [-0.39, 0.29) is 7.43 Å². The molecule has 0 saturated heterocycles. The SMILES string of the molecule is C.CCC1CCC(CC)CC1.CCC1CCCC(CC)C1.CCC1CCCCC1CC. The van der Waals surface area contributed by atoms with Crippen LogP contribution in [0.2, 0.25) is 0 Å². The van der Waals surface area contributed by atoms with Crippen molar-refractivity contribution in [2.24, 2.45) is 35.5 Å². The highest BCUT2D eigenvalue weighted by molar-refractivity contribution is 4.73. The monoisotopic (exact) mass is 437 g/mol. The Balaban J connectivity index is 0.000000429. The summed E-state index contributed by atoms with van der Waals surface area (Å²) in [6.07, 6.45) is 26.6. The minimum atomic E-state index is 0. The van der Waals surface area contributed by atoms with Crippen molar-refractivity contribution in [1.82, 2.24) is 0 Å². The molecule has 31 heavy (non-hydrogen) atoms. The van der Waals surface area contributed by atoms with Crippen LogP contribution in [0.5, 0.6) is 0 Å². The van der Waals surface area contributed by atoms with Crippen molar-refractivity contribution in [3.05, 3.63) is 0 Å². The lowest BCUT2D eigenvalue weighted by Gasteiger charge is -2.29. The first-order chi connectivity index (χ1) is 14.6. The number of hydrogen-bond donors (Lipinski definition) is 0. The third-order valence-corrected chi connectivity index (χ3v) is 9.28. The smallest absolute Gasteiger partial charge is 0.0389 e. The molecule has 3 aliphatic carbocycles. The second kappa shape index (κ2) is 19.5. The Morgan fingerprint density at radius 3 is 1.03 bits per heavy atom. The quantitative estimate of drug-likeness (QED) is 0.388. The van der Waals surface area contributed by atoms with E-state index in [1.165, 1.54) is 116 Å². The van der Waals surface area contributed by atoms with Gasteiger partial charge in [0.15, 0.2) is 0 Å². The maximum absolute atomic E-state index is 2.35. The maximum Gasteiger partial charge on any atom is -0.0389 e. The Morgan fingerprint density at radius 1 is 0.387 bits per heavy atom. The van der Waals surface area contributed by atoms with Gasteiger partial charge in [0.1, 0.15) is 0 Å². The summed E-state index contributed by atoms with van der Waals surface area (Å²) in [6.45, 7) is 14.0. The zero-order chi connectivity index (χ0) is 22.2. The van der Waals surface area contributed by atoms with Gasteiger partial charge in [-0.3, -0.25) is 0 Å². The molecule has 0 heterocycles. The average molecular weight is 437 g/mol. The molecule has 0 heteroatoms. The minimum absolute atomic E-state index is 0. The van der Waals surface area contributed by atoms with E-state index in [0.717, 1.165) is 35.5 Å². The van der Waals surface area contributed by atoms with Crippen LogP contribution in [0.3, 0.4) is 0 Å². The normalized spacial score (nSPS) is 33.1. The summed E-state index contributed by atoms with van der Waals surface area (Å²) >= 11 is 0. The zero-order valence-corrected chi connectivity index (χ0v) is 22.2. The van der Waals surface area contributed by atoms with E-state index in [1.54, 1.807) is 0 Å². The lowest BCUT2D eigenvalue weighted by Crippen LogP contribution is -2.17. The topological polar surface area (TPSA) is 0 Å². The molecule has 0 spiro atoms. The standard InChI is InChI=1S/3C10H20.CH4/c1-3-9-5-7-10(4-2)8-6-9;1-3-9-6-5-7-10(4-2)8-9;1-3-9-7-5-6-8-10(9)4-2;/h3*9-10H,3-8H2,1-2H3;1H4. The maximum atomic E-state index is 2.35. The summed E-state index contributed by atoms with van der Waals surface area (Å²) in [4.78, 5) is 0. The highest BCUT2D eigenvalue weighted by Crippen LogP contribution is 2.34. The molecule has 0 N–H and O–H groups in total. The predicted molar refractivity (Wildman–Crippen MR) is 145 cm³/mol. The van der Waals surface area contributed by atoms with Crippen LogP contribution in [0, 0.1) is 35.5 Å². The van der Waals surface area contributed by atoms with Gasteiger partial charge >= 0.3 is 0 Å². The summed E-state index contributed by atoms with van der Waals surface area (Å²) in [7, 11) is 0. The molecule has 0 aromatic rings. The molecular weight excluding hydrogens is 372 g/mol. The van der Waals surface area contributed by atoms with Crippen molar-refractivity contribution >= 4 is 0 Å². The molecule has 0 aliphatic heterocycles. The van der Waals surface area contributed by atoms with E-state index in [0.29, 0.717) is 0 Å². The van der Waals surface area contributed by atoms with Gasteiger partial charge in [-0.05, 0) is 41.9 Å². The molecule has 0 aromatic heterocycles. The Bertz CT molecular complexity index is 330. The summed E-state index contributed by atoms with van der Waals surface area (Å²) in [6, 6.07) is 0. The molecule has 188 valence electrons. The Kier molecular flexibility index (Phi) is 19.5. The summed E-state index contributed by atoms with van der Waals surface area (Å²) in [5.41, 5.74) is 0. The Hall–Kier alpha value is 0. The molecule has 0 aromatic carbocycles. The van der Waals surface area contributed by atoms with Gasteiger partial charge < -0.3 is 0 Å². The molecule has 4 atom stereocenters. The van der Waals surface area contributed by atoms with E-state index in [9.17, 15) is 0 Å². The first-order valence-electron chi connectivity index (χ1n) is 14.6. The lowest BCUT2D eigenvalue weighted by atomic mass is 9.77. The summed E-state index contributed by atoms with van der Waals surface area (Å²) < 4.78 is 0. The van der Waals surface area contributed by atoms with Crippen molar-refractivity contribution in [2.45, 2.75) is 165 Å². The van der Waals surface area contributed by atoms with Gasteiger partial charge in [0.05, 0.1) is 0 Å². The van der Waals surface area contributed by atoms with Crippen molar-refractivity contribution in [2.75, 3.05) is 0 Å². The summed E-state index contributed by atoms with van der Waals surface area (Å²) in [5, 5.41) is 0. The van der Waals surface area contributed by atoms with Crippen LogP contribution >= 0.6 is 0 Å². The summed E-state index contributed by atoms with van der Waals surface area (Å²) in [5.74, 6) is 6.42. The van der Waals surface area contributed by atoms with Crippen LogP contribution in [0.25, 0.3) is 0 Å². The minimum Gasteiger partial charge on any atom is -0.0776 e. The van der Waals surface area contributed by atoms with Crippen molar-refractivity contribution < 1.29 is 0 Å². The highest BCUT2D eigenvalue weighted by Gasteiger charge is 2.21. The van der Waals surface area contributed by atoms with Gasteiger partial charge in [-0.25, -0.2) is 0 Å². The van der Waals surface area contributed by atoms with Crippen molar-refractivity contribution in [3.63, 3.8) is 0 Å². The zero-order valence-electron chi connectivity index (χ0n) is 22.2. The fourth-order valence-electron chi connectivity index (χ4n) is 6.55. The third kappa shape index (κ3) is 12.7. The lowest BCUT2D eigenvalue weighted by molar-refractivity contribution is 0.224. The van der Waals surface area contributed by atoms with Crippen LogP contribution < -0.4 is 0 Å². The van der Waals surface area contributed by atoms with E-state index in [4.69, 9.17) is 0 Å². The van der Waals surface area contributed by atoms with E-state index in [2.05, 4.69) is 41.5 Å². The van der Waals surface area contributed by atoms with Crippen LogP contribution in [0.1, 0.15) is 165 Å². The average Bonchev–Trinajstić information content (AvgIpc) is 2.84. The largest absolute Gasteiger partial charge is 0.0776 e. The van der Waals surface area contributed by atoms with Crippen LogP contribution in [0.4, 0.5) is 0 Å². The van der Waals surface area contributed by atoms with E-state index < -0.39 is 0 Å². The first-order valence-corrected chi connectivity index (χ1v) is 14.6. The number of rotatable bonds is 6. The van der Waals surface area contributed by atoms with Gasteiger partial charge in [-0.2, -0.15) is 0 Å². The van der Waals surface area contributed by atoms with Gasteiger partial charge in [0, 0.05) is 0 Å². The molecule has 0 amide bonds. The number of hydrogen-bond acceptors (Lipinski definition) is 0.